The van der Waals surface area contributed by atoms with Crippen LogP contribution in [0.3, 0.4) is 0 Å². The fourth-order valence-corrected chi connectivity index (χ4v) is 5.35. The zero-order valence-corrected chi connectivity index (χ0v) is 15.9. The Bertz CT molecular complexity index is 897. The van der Waals surface area contributed by atoms with Crippen molar-refractivity contribution in [2.75, 3.05) is 33.2 Å². The van der Waals surface area contributed by atoms with E-state index in [4.69, 9.17) is 0 Å². The Morgan fingerprint density at radius 3 is 2.50 bits per heavy atom. The molecule has 2 heterocycles. The predicted octanol–water partition coefficient (Wildman–Crippen LogP) is 4.52. The lowest BCUT2D eigenvalue weighted by Crippen LogP contribution is -2.43. The van der Waals surface area contributed by atoms with E-state index in [1.165, 1.54) is 46.5 Å². The highest BCUT2D eigenvalue weighted by Crippen LogP contribution is 2.44. The van der Waals surface area contributed by atoms with Gasteiger partial charge in [-0.05, 0) is 79.4 Å². The maximum absolute atomic E-state index is 13.9. The van der Waals surface area contributed by atoms with Crippen LogP contribution in [-0.2, 0) is 12.8 Å². The topological polar surface area (TPSA) is 6.48 Å². The summed E-state index contributed by atoms with van der Waals surface area (Å²) in [4.78, 5) is 7.33. The van der Waals surface area contributed by atoms with E-state index in [0.717, 1.165) is 36.6 Å². The summed E-state index contributed by atoms with van der Waals surface area (Å²) in [7, 11) is 2.18. The van der Waals surface area contributed by atoms with E-state index in [1.54, 1.807) is 23.9 Å². The average Bonchev–Trinajstić information content (AvgIpc) is 3.03. The van der Waals surface area contributed by atoms with Crippen LogP contribution < -0.4 is 0 Å². The Hall–Kier alpha value is -1.78. The first kappa shape index (κ1) is 16.4. The van der Waals surface area contributed by atoms with Crippen molar-refractivity contribution in [2.45, 2.75) is 29.1 Å². The summed E-state index contributed by atoms with van der Waals surface area (Å²) in [5.74, 6) is -0.160. The first-order chi connectivity index (χ1) is 12.7. The molecule has 2 aromatic carbocycles. The number of piperazine rings is 1. The van der Waals surface area contributed by atoms with Gasteiger partial charge in [-0.15, -0.1) is 0 Å². The van der Waals surface area contributed by atoms with Crippen LogP contribution in [0, 0.1) is 5.82 Å². The molecule has 134 valence electrons. The summed E-state index contributed by atoms with van der Waals surface area (Å²) < 4.78 is 13.9. The molecule has 0 atom stereocenters. The van der Waals surface area contributed by atoms with Crippen molar-refractivity contribution >= 4 is 23.5 Å². The van der Waals surface area contributed by atoms with Crippen LogP contribution in [0.25, 0.3) is 11.8 Å². The van der Waals surface area contributed by atoms with Gasteiger partial charge in [-0.25, -0.2) is 4.39 Å². The normalized spacial score (nSPS) is 19.5. The Balaban J connectivity index is 1.67. The second-order valence-electron chi connectivity index (χ2n) is 7.57. The van der Waals surface area contributed by atoms with Crippen molar-refractivity contribution < 1.29 is 4.39 Å². The van der Waals surface area contributed by atoms with Crippen LogP contribution in [0.2, 0.25) is 0 Å². The number of hydrogen-bond donors (Lipinski definition) is 0. The summed E-state index contributed by atoms with van der Waals surface area (Å²) in [6.07, 6.45) is 5.85. The van der Waals surface area contributed by atoms with Gasteiger partial charge in [0.05, 0.1) is 0 Å². The van der Waals surface area contributed by atoms with Crippen LogP contribution in [0.5, 0.6) is 0 Å². The number of halogens is 1. The van der Waals surface area contributed by atoms with E-state index in [9.17, 15) is 4.39 Å². The number of hydrogen-bond acceptors (Lipinski definition) is 3. The Labute approximate surface area is 158 Å². The van der Waals surface area contributed by atoms with Crippen molar-refractivity contribution in [2.24, 2.45) is 0 Å². The minimum Gasteiger partial charge on any atom is -0.368 e. The minimum absolute atomic E-state index is 0.160. The zero-order valence-electron chi connectivity index (χ0n) is 15.1. The third-order valence-electron chi connectivity index (χ3n) is 5.80. The van der Waals surface area contributed by atoms with Gasteiger partial charge in [0, 0.05) is 47.2 Å². The molecule has 26 heavy (non-hydrogen) atoms. The fraction of sp³-hybridized carbons (Fsp3) is 0.364. The predicted molar refractivity (Wildman–Crippen MR) is 106 cm³/mol. The van der Waals surface area contributed by atoms with Gasteiger partial charge in [0.25, 0.3) is 0 Å². The molecule has 0 bridgehead atoms. The molecule has 4 heteroatoms. The van der Waals surface area contributed by atoms with Gasteiger partial charge >= 0.3 is 0 Å². The number of rotatable bonds is 1. The highest BCUT2D eigenvalue weighted by atomic mass is 32.2. The number of benzene rings is 2. The van der Waals surface area contributed by atoms with E-state index in [2.05, 4.69) is 35.1 Å². The summed E-state index contributed by atoms with van der Waals surface area (Å²) >= 11 is 1.79. The number of nitrogens with zero attached hydrogens (tertiary/aromatic N) is 2. The SMILES string of the molecule is CN1CCN(C2=Cc3cc(F)ccc3Sc3cc4c(cc32)CCC4)CC1. The smallest absolute Gasteiger partial charge is 0.123 e. The molecule has 2 nitrogen and oxygen atoms in total. The molecule has 0 N–H and O–H groups in total. The van der Waals surface area contributed by atoms with Crippen molar-refractivity contribution in [1.82, 2.24) is 9.80 Å². The van der Waals surface area contributed by atoms with Crippen molar-refractivity contribution in [3.8, 4) is 0 Å². The summed E-state index contributed by atoms with van der Waals surface area (Å²) in [5.41, 5.74) is 6.60. The first-order valence-corrected chi connectivity index (χ1v) is 10.3. The van der Waals surface area contributed by atoms with Crippen molar-refractivity contribution in [1.29, 1.82) is 0 Å². The quantitative estimate of drug-likeness (QED) is 0.732. The molecule has 0 spiro atoms. The lowest BCUT2D eigenvalue weighted by Gasteiger charge is -2.36. The molecule has 1 fully saturated rings. The molecule has 2 aliphatic heterocycles. The van der Waals surface area contributed by atoms with E-state index in [1.807, 2.05) is 6.07 Å². The van der Waals surface area contributed by atoms with Gasteiger partial charge in [-0.2, -0.15) is 0 Å². The van der Waals surface area contributed by atoms with Gasteiger partial charge in [-0.1, -0.05) is 11.8 Å². The molecule has 5 rings (SSSR count). The molecule has 1 saturated heterocycles. The van der Waals surface area contributed by atoms with Crippen LogP contribution in [-0.4, -0.2) is 43.0 Å². The molecule has 0 unspecified atom stereocenters. The second-order valence-corrected chi connectivity index (χ2v) is 8.66. The third kappa shape index (κ3) is 2.85. The van der Waals surface area contributed by atoms with Crippen molar-refractivity contribution in [3.05, 3.63) is 58.4 Å². The molecule has 0 aromatic heterocycles. The summed E-state index contributed by atoms with van der Waals surface area (Å²) in [5, 5.41) is 0. The molecule has 0 saturated carbocycles. The second kappa shape index (κ2) is 6.43. The van der Waals surface area contributed by atoms with Gasteiger partial charge in [0.1, 0.15) is 5.82 Å². The average molecular weight is 367 g/mol. The van der Waals surface area contributed by atoms with Crippen LogP contribution in [0.1, 0.15) is 28.7 Å². The molecule has 2 aromatic rings. The number of likely N-dealkylation sites (N-methyl/N-ethyl adjacent to an activating group) is 1. The Morgan fingerprint density at radius 2 is 1.69 bits per heavy atom. The monoisotopic (exact) mass is 366 g/mol. The van der Waals surface area contributed by atoms with Gasteiger partial charge in [0.2, 0.25) is 0 Å². The van der Waals surface area contributed by atoms with E-state index < -0.39 is 0 Å². The standard InChI is InChI=1S/C22H23FN2S/c1-24-7-9-25(10-8-24)20-13-17-11-18(23)5-6-21(17)26-22-14-16-4-2-3-15(16)12-19(20)22/h5-6,11-14H,2-4,7-10H2,1H3. The number of fused-ring (bicyclic) bond motifs is 3. The summed E-state index contributed by atoms with van der Waals surface area (Å²) in [6, 6.07) is 9.99. The Morgan fingerprint density at radius 1 is 0.923 bits per heavy atom. The number of aryl methyl sites for hydroxylation is 2. The zero-order chi connectivity index (χ0) is 17.7. The molecular weight excluding hydrogens is 343 g/mol. The molecule has 0 amide bonds. The fourth-order valence-electron chi connectivity index (χ4n) is 4.26. The van der Waals surface area contributed by atoms with Crippen molar-refractivity contribution in [3.63, 3.8) is 0 Å². The molecule has 1 aliphatic carbocycles. The van der Waals surface area contributed by atoms with Gasteiger partial charge < -0.3 is 9.80 Å². The highest BCUT2D eigenvalue weighted by Gasteiger charge is 2.25. The van der Waals surface area contributed by atoms with Crippen LogP contribution in [0.4, 0.5) is 4.39 Å². The molecule has 0 radical (unpaired) electrons. The van der Waals surface area contributed by atoms with E-state index in [0.29, 0.717) is 0 Å². The minimum atomic E-state index is -0.160. The van der Waals surface area contributed by atoms with Crippen LogP contribution >= 0.6 is 11.8 Å². The summed E-state index contributed by atoms with van der Waals surface area (Å²) in [6.45, 7) is 4.18. The maximum Gasteiger partial charge on any atom is 0.123 e. The lowest BCUT2D eigenvalue weighted by atomic mass is 10.0. The Kier molecular flexibility index (Phi) is 4.06. The van der Waals surface area contributed by atoms with Gasteiger partial charge in [-0.3, -0.25) is 0 Å². The van der Waals surface area contributed by atoms with Gasteiger partial charge in [0.15, 0.2) is 0 Å². The lowest BCUT2D eigenvalue weighted by molar-refractivity contribution is 0.207. The maximum atomic E-state index is 13.9. The molecule has 3 aliphatic rings. The molecular formula is C22H23FN2S. The highest BCUT2D eigenvalue weighted by molar-refractivity contribution is 7.99. The first-order valence-electron chi connectivity index (χ1n) is 9.46. The van der Waals surface area contributed by atoms with E-state index in [-0.39, 0.29) is 5.82 Å². The van der Waals surface area contributed by atoms with Crippen LogP contribution in [0.15, 0.2) is 40.1 Å². The largest absolute Gasteiger partial charge is 0.368 e. The van der Waals surface area contributed by atoms with E-state index >= 15 is 0 Å². The third-order valence-corrected chi connectivity index (χ3v) is 6.95.